The molecule has 4 rings (SSSR count). The molecule has 130 valence electrons. The van der Waals surface area contributed by atoms with E-state index in [1.807, 2.05) is 18.2 Å². The van der Waals surface area contributed by atoms with E-state index in [1.165, 1.54) is 16.0 Å². The van der Waals surface area contributed by atoms with Crippen LogP contribution >= 0.6 is 22.9 Å². The fourth-order valence-corrected chi connectivity index (χ4v) is 5.76. The van der Waals surface area contributed by atoms with Crippen LogP contribution in [0.15, 0.2) is 30.3 Å². The van der Waals surface area contributed by atoms with Crippen molar-refractivity contribution in [3.63, 3.8) is 0 Å². The van der Waals surface area contributed by atoms with Crippen LogP contribution in [0, 0.1) is 11.3 Å². The number of hydrogen-bond acceptors (Lipinski definition) is 4. The van der Waals surface area contributed by atoms with E-state index >= 15 is 0 Å². The van der Waals surface area contributed by atoms with Gasteiger partial charge in [0.25, 0.3) is 0 Å². The first-order valence-electron chi connectivity index (χ1n) is 8.78. The smallest absolute Gasteiger partial charge is 0.104 e. The Kier molecular flexibility index (Phi) is 4.59. The third-order valence-electron chi connectivity index (χ3n) is 5.32. The number of fused-ring (bicyclic) bond motifs is 2. The Bertz CT molecular complexity index is 827. The minimum absolute atomic E-state index is 0.223. The van der Waals surface area contributed by atoms with Crippen molar-refractivity contribution in [2.75, 3.05) is 6.61 Å². The molecule has 0 radical (unpaired) electrons. The molecule has 1 N–H and O–H groups in total. The topological polar surface area (TPSA) is 45.0 Å². The van der Waals surface area contributed by atoms with Gasteiger partial charge in [-0.2, -0.15) is 5.26 Å². The van der Waals surface area contributed by atoms with Crippen LogP contribution in [0.3, 0.4) is 0 Å². The van der Waals surface area contributed by atoms with Gasteiger partial charge >= 0.3 is 0 Å². The normalized spacial score (nSPS) is 29.0. The Balaban J connectivity index is 1.65. The largest absolute Gasteiger partial charge is 0.369 e. The van der Waals surface area contributed by atoms with Crippen molar-refractivity contribution < 1.29 is 4.74 Å². The lowest BCUT2D eigenvalue weighted by atomic mass is 9.85. The van der Waals surface area contributed by atoms with E-state index in [0.29, 0.717) is 11.6 Å². The van der Waals surface area contributed by atoms with Gasteiger partial charge in [-0.05, 0) is 61.9 Å². The summed E-state index contributed by atoms with van der Waals surface area (Å²) in [6.07, 6.45) is 3.85. The standard InChI is InChI=1S/C20H21ClN2OS/c1-13-11-20(19-16(6-8-24-20)10-18(21)25-19)7-5-17(23-13)15-4-2-3-14(9-15)12-22/h2-4,9-10,13,17,23H,5-8,11H2,1H3/t13-,17-,20+/m0/s1. The van der Waals surface area contributed by atoms with Crippen LogP contribution in [-0.2, 0) is 16.8 Å². The van der Waals surface area contributed by atoms with Gasteiger partial charge in [-0.25, -0.2) is 0 Å². The van der Waals surface area contributed by atoms with Gasteiger partial charge in [0.15, 0.2) is 0 Å². The summed E-state index contributed by atoms with van der Waals surface area (Å²) >= 11 is 7.98. The van der Waals surface area contributed by atoms with Gasteiger partial charge in [-0.1, -0.05) is 23.7 Å². The molecule has 1 saturated heterocycles. The number of thiophene rings is 1. The van der Waals surface area contributed by atoms with Gasteiger partial charge in [-0.15, -0.1) is 11.3 Å². The maximum Gasteiger partial charge on any atom is 0.104 e. The highest BCUT2D eigenvalue weighted by Gasteiger charge is 2.43. The van der Waals surface area contributed by atoms with Crippen LogP contribution in [-0.4, -0.2) is 12.6 Å². The minimum atomic E-state index is -0.223. The number of rotatable bonds is 1. The molecular formula is C20H21ClN2OS. The van der Waals surface area contributed by atoms with Crippen LogP contribution in [0.25, 0.3) is 0 Å². The highest BCUT2D eigenvalue weighted by Crippen LogP contribution is 2.48. The Labute approximate surface area is 157 Å². The fraction of sp³-hybridized carbons (Fsp3) is 0.450. The van der Waals surface area contributed by atoms with Gasteiger partial charge in [-0.3, -0.25) is 0 Å². The molecular weight excluding hydrogens is 352 g/mol. The molecule has 5 heteroatoms. The summed E-state index contributed by atoms with van der Waals surface area (Å²) in [5.41, 5.74) is 3.04. The van der Waals surface area contributed by atoms with Crippen molar-refractivity contribution in [2.45, 2.75) is 50.3 Å². The van der Waals surface area contributed by atoms with Gasteiger partial charge in [0.1, 0.15) is 5.60 Å². The Morgan fingerprint density at radius 1 is 1.40 bits per heavy atom. The van der Waals surface area contributed by atoms with Crippen molar-refractivity contribution in [3.8, 4) is 6.07 Å². The summed E-state index contributed by atoms with van der Waals surface area (Å²) in [5, 5.41) is 12.9. The Hall–Kier alpha value is -1.38. The average Bonchev–Trinajstić information content (AvgIpc) is 2.92. The maximum absolute atomic E-state index is 9.18. The summed E-state index contributed by atoms with van der Waals surface area (Å²) in [7, 11) is 0. The van der Waals surface area contributed by atoms with E-state index in [2.05, 4.69) is 30.4 Å². The van der Waals surface area contributed by atoms with Gasteiger partial charge in [0, 0.05) is 17.0 Å². The molecule has 1 aromatic carbocycles. The van der Waals surface area contributed by atoms with Gasteiger partial charge in [0.2, 0.25) is 0 Å². The molecule has 3 heterocycles. The third kappa shape index (κ3) is 3.22. The molecule has 25 heavy (non-hydrogen) atoms. The van der Waals surface area contributed by atoms with Crippen LogP contribution in [0.1, 0.15) is 53.8 Å². The molecule has 2 aliphatic rings. The third-order valence-corrected chi connectivity index (χ3v) is 6.81. The molecule has 0 saturated carbocycles. The highest BCUT2D eigenvalue weighted by atomic mass is 35.5. The molecule has 3 atom stereocenters. The summed E-state index contributed by atoms with van der Waals surface area (Å²) < 4.78 is 7.24. The molecule has 1 aromatic heterocycles. The summed E-state index contributed by atoms with van der Waals surface area (Å²) in [6, 6.07) is 12.9. The predicted octanol–water partition coefficient (Wildman–Crippen LogP) is 4.94. The lowest BCUT2D eigenvalue weighted by Gasteiger charge is -2.37. The zero-order valence-electron chi connectivity index (χ0n) is 14.2. The van der Waals surface area contributed by atoms with Crippen LogP contribution in [0.2, 0.25) is 4.34 Å². The molecule has 1 spiro atoms. The molecule has 0 aliphatic carbocycles. The molecule has 1 fully saturated rings. The van der Waals surface area contributed by atoms with Crippen molar-refractivity contribution in [3.05, 3.63) is 56.2 Å². The number of nitrogens with zero attached hydrogens (tertiary/aromatic N) is 1. The number of hydrogen-bond donors (Lipinski definition) is 1. The van der Waals surface area contributed by atoms with E-state index in [4.69, 9.17) is 16.3 Å². The molecule has 2 aliphatic heterocycles. The number of nitrogens with one attached hydrogen (secondary N) is 1. The maximum atomic E-state index is 9.18. The quantitative estimate of drug-likeness (QED) is 0.770. The minimum Gasteiger partial charge on any atom is -0.369 e. The molecule has 3 nitrogen and oxygen atoms in total. The Morgan fingerprint density at radius 2 is 2.28 bits per heavy atom. The first-order valence-corrected chi connectivity index (χ1v) is 9.98. The van der Waals surface area contributed by atoms with E-state index in [0.717, 1.165) is 36.6 Å². The zero-order valence-corrected chi connectivity index (χ0v) is 15.8. The highest BCUT2D eigenvalue weighted by molar-refractivity contribution is 7.16. The van der Waals surface area contributed by atoms with E-state index in [9.17, 15) is 5.26 Å². The molecule has 0 bridgehead atoms. The second-order valence-corrected chi connectivity index (χ2v) is 8.78. The van der Waals surface area contributed by atoms with Crippen molar-refractivity contribution in [2.24, 2.45) is 0 Å². The molecule has 0 amide bonds. The molecule has 0 unspecified atom stereocenters. The van der Waals surface area contributed by atoms with Gasteiger partial charge in [0.05, 0.1) is 22.6 Å². The zero-order chi connectivity index (χ0) is 17.4. The average molecular weight is 373 g/mol. The SMILES string of the molecule is C[C@H]1C[C@@]2(CC[C@@H](c3cccc(C#N)c3)N1)OCCc1cc(Cl)sc12. The number of nitriles is 1. The Morgan fingerprint density at radius 3 is 3.12 bits per heavy atom. The summed E-state index contributed by atoms with van der Waals surface area (Å²) in [6.45, 7) is 2.99. The first kappa shape index (κ1) is 17.1. The second-order valence-electron chi connectivity index (χ2n) is 7.10. The lowest BCUT2D eigenvalue weighted by Crippen LogP contribution is -2.38. The van der Waals surface area contributed by atoms with E-state index in [-0.39, 0.29) is 11.6 Å². The van der Waals surface area contributed by atoms with E-state index in [1.54, 1.807) is 11.3 Å². The number of halogens is 1. The van der Waals surface area contributed by atoms with Crippen molar-refractivity contribution in [1.82, 2.24) is 5.32 Å². The van der Waals surface area contributed by atoms with Crippen LogP contribution in [0.5, 0.6) is 0 Å². The number of benzene rings is 1. The fourth-order valence-electron chi connectivity index (χ4n) is 4.27. The second kappa shape index (κ2) is 6.74. The summed E-state index contributed by atoms with van der Waals surface area (Å²) in [4.78, 5) is 1.32. The van der Waals surface area contributed by atoms with Crippen LogP contribution in [0.4, 0.5) is 0 Å². The van der Waals surface area contributed by atoms with Crippen LogP contribution < -0.4 is 5.32 Å². The van der Waals surface area contributed by atoms with Crippen molar-refractivity contribution >= 4 is 22.9 Å². The first-order chi connectivity index (χ1) is 12.1. The molecule has 2 aromatic rings. The van der Waals surface area contributed by atoms with Gasteiger partial charge < -0.3 is 10.1 Å². The van der Waals surface area contributed by atoms with Crippen molar-refractivity contribution in [1.29, 1.82) is 5.26 Å². The predicted molar refractivity (Wildman–Crippen MR) is 101 cm³/mol. The van der Waals surface area contributed by atoms with E-state index < -0.39 is 0 Å². The lowest BCUT2D eigenvalue weighted by molar-refractivity contribution is -0.0704. The monoisotopic (exact) mass is 372 g/mol. The number of ether oxygens (including phenoxy) is 1. The summed E-state index contributed by atoms with van der Waals surface area (Å²) in [5.74, 6) is 0.